The van der Waals surface area contributed by atoms with Gasteiger partial charge in [0.2, 0.25) is 0 Å². The summed E-state index contributed by atoms with van der Waals surface area (Å²) in [6.45, 7) is 1.41. The lowest BCUT2D eigenvalue weighted by molar-refractivity contribution is 0.284. The van der Waals surface area contributed by atoms with Crippen LogP contribution in [0.25, 0.3) is 0 Å². The largest absolute Gasteiger partial charge is 0.493 e. The van der Waals surface area contributed by atoms with Crippen molar-refractivity contribution in [1.82, 2.24) is 0 Å². The van der Waals surface area contributed by atoms with E-state index in [9.17, 15) is 0 Å². The monoisotopic (exact) mass is 270 g/mol. The fraction of sp³-hybridized carbons (Fsp3) is 0.294. The molecule has 1 fully saturated rings. The van der Waals surface area contributed by atoms with E-state index in [1.54, 1.807) is 7.11 Å². The minimum absolute atomic E-state index is 0.385. The second-order valence-electron chi connectivity index (χ2n) is 4.92. The van der Waals surface area contributed by atoms with Crippen LogP contribution in [0.2, 0.25) is 0 Å². The highest BCUT2D eigenvalue weighted by Crippen LogP contribution is 2.30. The molecule has 0 N–H and O–H groups in total. The number of hydrogen-bond donors (Lipinski definition) is 0. The zero-order valence-corrected chi connectivity index (χ0v) is 11.5. The SMILES string of the molecule is COc1cc(CC2CO2)ccc1OCc1ccccc1. The lowest BCUT2D eigenvalue weighted by Crippen LogP contribution is -1.99. The van der Waals surface area contributed by atoms with Gasteiger partial charge in [-0.2, -0.15) is 0 Å². The maximum absolute atomic E-state index is 5.83. The van der Waals surface area contributed by atoms with E-state index in [4.69, 9.17) is 14.2 Å². The summed E-state index contributed by atoms with van der Waals surface area (Å²) in [5.41, 5.74) is 2.36. The lowest BCUT2D eigenvalue weighted by atomic mass is 10.1. The lowest BCUT2D eigenvalue weighted by Gasteiger charge is -2.12. The van der Waals surface area contributed by atoms with Gasteiger partial charge in [0, 0.05) is 6.42 Å². The normalized spacial score (nSPS) is 16.8. The van der Waals surface area contributed by atoms with Gasteiger partial charge in [-0.1, -0.05) is 36.4 Å². The molecule has 0 bridgehead atoms. The van der Waals surface area contributed by atoms with Gasteiger partial charge in [-0.15, -0.1) is 0 Å². The van der Waals surface area contributed by atoms with Crippen molar-refractivity contribution in [3.05, 3.63) is 59.7 Å². The van der Waals surface area contributed by atoms with Crippen molar-refractivity contribution in [2.75, 3.05) is 13.7 Å². The van der Waals surface area contributed by atoms with Crippen LogP contribution in [0.4, 0.5) is 0 Å². The second kappa shape index (κ2) is 5.97. The number of rotatable bonds is 6. The summed E-state index contributed by atoms with van der Waals surface area (Å²) in [5.74, 6) is 1.55. The van der Waals surface area contributed by atoms with Crippen LogP contribution in [0, 0.1) is 0 Å². The summed E-state index contributed by atoms with van der Waals surface area (Å²) in [4.78, 5) is 0. The quantitative estimate of drug-likeness (QED) is 0.755. The van der Waals surface area contributed by atoms with E-state index >= 15 is 0 Å². The van der Waals surface area contributed by atoms with Crippen LogP contribution < -0.4 is 9.47 Å². The molecule has 0 spiro atoms. The number of epoxide rings is 1. The molecule has 0 aromatic heterocycles. The molecule has 0 amide bonds. The van der Waals surface area contributed by atoms with E-state index in [0.717, 1.165) is 30.1 Å². The van der Waals surface area contributed by atoms with Gasteiger partial charge in [0.1, 0.15) is 6.61 Å². The summed E-state index contributed by atoms with van der Waals surface area (Å²) in [5, 5.41) is 0. The van der Waals surface area contributed by atoms with Crippen LogP contribution in [0.15, 0.2) is 48.5 Å². The van der Waals surface area contributed by atoms with E-state index in [-0.39, 0.29) is 0 Å². The standard InChI is InChI=1S/C17H18O3/c1-18-17-10-14(9-15-12-19-15)7-8-16(17)20-11-13-5-3-2-4-6-13/h2-8,10,15H,9,11-12H2,1H3. The first kappa shape index (κ1) is 13.0. The van der Waals surface area contributed by atoms with Gasteiger partial charge in [0.25, 0.3) is 0 Å². The number of methoxy groups -OCH3 is 1. The molecular weight excluding hydrogens is 252 g/mol. The molecule has 1 aliphatic rings. The summed E-state index contributed by atoms with van der Waals surface area (Å²) < 4.78 is 16.5. The van der Waals surface area contributed by atoms with Gasteiger partial charge in [-0.3, -0.25) is 0 Å². The molecule has 0 radical (unpaired) electrons. The number of hydrogen-bond acceptors (Lipinski definition) is 3. The molecule has 104 valence electrons. The van der Waals surface area contributed by atoms with E-state index < -0.39 is 0 Å². The van der Waals surface area contributed by atoms with Crippen molar-refractivity contribution >= 4 is 0 Å². The highest BCUT2D eigenvalue weighted by atomic mass is 16.6. The molecule has 1 aliphatic heterocycles. The zero-order chi connectivity index (χ0) is 13.8. The van der Waals surface area contributed by atoms with Crippen LogP contribution in [0.3, 0.4) is 0 Å². The second-order valence-corrected chi connectivity index (χ2v) is 4.92. The third-order valence-electron chi connectivity index (χ3n) is 3.33. The van der Waals surface area contributed by atoms with Crippen molar-refractivity contribution in [2.24, 2.45) is 0 Å². The third kappa shape index (κ3) is 3.31. The molecule has 1 atom stereocenters. The zero-order valence-electron chi connectivity index (χ0n) is 11.5. The van der Waals surface area contributed by atoms with E-state index in [0.29, 0.717) is 12.7 Å². The molecule has 1 heterocycles. The Morgan fingerprint density at radius 3 is 2.55 bits per heavy atom. The average Bonchev–Trinajstić information content (AvgIpc) is 3.31. The first-order valence-corrected chi connectivity index (χ1v) is 6.80. The maximum atomic E-state index is 5.83. The maximum Gasteiger partial charge on any atom is 0.161 e. The molecule has 1 unspecified atom stereocenters. The number of ether oxygens (including phenoxy) is 3. The molecular formula is C17H18O3. The Hall–Kier alpha value is -2.00. The van der Waals surface area contributed by atoms with Crippen molar-refractivity contribution < 1.29 is 14.2 Å². The third-order valence-corrected chi connectivity index (χ3v) is 3.33. The summed E-state index contributed by atoms with van der Waals surface area (Å²) >= 11 is 0. The average molecular weight is 270 g/mol. The first-order valence-electron chi connectivity index (χ1n) is 6.80. The Morgan fingerprint density at radius 2 is 1.85 bits per heavy atom. The van der Waals surface area contributed by atoms with E-state index in [1.807, 2.05) is 42.5 Å². The topological polar surface area (TPSA) is 31.0 Å². The molecule has 0 saturated carbocycles. The van der Waals surface area contributed by atoms with Crippen LogP contribution >= 0.6 is 0 Å². The van der Waals surface area contributed by atoms with Gasteiger partial charge in [0.05, 0.1) is 19.8 Å². The van der Waals surface area contributed by atoms with Crippen molar-refractivity contribution in [3.63, 3.8) is 0 Å². The minimum Gasteiger partial charge on any atom is -0.493 e. The number of benzene rings is 2. The van der Waals surface area contributed by atoms with Gasteiger partial charge in [-0.25, -0.2) is 0 Å². The van der Waals surface area contributed by atoms with Crippen LogP contribution in [0.5, 0.6) is 11.5 Å². The summed E-state index contributed by atoms with van der Waals surface area (Å²) in [6, 6.07) is 16.2. The van der Waals surface area contributed by atoms with Crippen molar-refractivity contribution in [3.8, 4) is 11.5 Å². The van der Waals surface area contributed by atoms with Crippen molar-refractivity contribution in [1.29, 1.82) is 0 Å². The van der Waals surface area contributed by atoms with Crippen LogP contribution in [-0.2, 0) is 17.8 Å². The predicted molar refractivity (Wildman–Crippen MR) is 77.2 cm³/mol. The molecule has 0 aliphatic carbocycles. The van der Waals surface area contributed by atoms with E-state index in [1.165, 1.54) is 5.56 Å². The highest BCUT2D eigenvalue weighted by molar-refractivity contribution is 5.43. The Kier molecular flexibility index (Phi) is 3.88. The van der Waals surface area contributed by atoms with Gasteiger partial charge >= 0.3 is 0 Å². The Morgan fingerprint density at radius 1 is 1.05 bits per heavy atom. The molecule has 20 heavy (non-hydrogen) atoms. The predicted octanol–water partition coefficient (Wildman–Crippen LogP) is 3.22. The molecule has 3 heteroatoms. The van der Waals surface area contributed by atoms with Gasteiger partial charge in [0.15, 0.2) is 11.5 Å². The van der Waals surface area contributed by atoms with Gasteiger partial charge < -0.3 is 14.2 Å². The van der Waals surface area contributed by atoms with Crippen molar-refractivity contribution in [2.45, 2.75) is 19.1 Å². The Labute approximate surface area is 119 Å². The minimum atomic E-state index is 0.385. The molecule has 3 rings (SSSR count). The van der Waals surface area contributed by atoms with E-state index in [2.05, 4.69) is 6.07 Å². The highest BCUT2D eigenvalue weighted by Gasteiger charge is 2.23. The smallest absolute Gasteiger partial charge is 0.161 e. The summed E-state index contributed by atoms with van der Waals surface area (Å²) in [6.07, 6.45) is 1.32. The van der Waals surface area contributed by atoms with Crippen LogP contribution in [-0.4, -0.2) is 19.8 Å². The fourth-order valence-corrected chi connectivity index (χ4v) is 2.14. The molecule has 3 nitrogen and oxygen atoms in total. The van der Waals surface area contributed by atoms with Gasteiger partial charge in [-0.05, 0) is 23.3 Å². The molecule has 2 aromatic carbocycles. The summed E-state index contributed by atoms with van der Waals surface area (Å²) in [7, 11) is 1.67. The Bertz CT molecular complexity index is 562. The first-order chi connectivity index (χ1) is 9.85. The van der Waals surface area contributed by atoms with Crippen LogP contribution in [0.1, 0.15) is 11.1 Å². The Balaban J connectivity index is 1.68. The molecule has 2 aromatic rings. The fourth-order valence-electron chi connectivity index (χ4n) is 2.14. The molecule has 1 saturated heterocycles.